The monoisotopic (exact) mass is 207 g/mol. The van der Waals surface area contributed by atoms with E-state index in [4.69, 9.17) is 10.3 Å². The molecule has 82 valence electrons. The van der Waals surface area contributed by atoms with Crippen molar-refractivity contribution in [3.63, 3.8) is 0 Å². The van der Waals surface area contributed by atoms with Gasteiger partial charge in [0, 0.05) is 17.4 Å². The van der Waals surface area contributed by atoms with Crippen molar-refractivity contribution in [1.29, 1.82) is 0 Å². The summed E-state index contributed by atoms with van der Waals surface area (Å²) in [5.41, 5.74) is 6.09. The van der Waals surface area contributed by atoms with E-state index in [1.54, 1.807) is 0 Å². The van der Waals surface area contributed by atoms with E-state index >= 15 is 0 Å². The van der Waals surface area contributed by atoms with Crippen molar-refractivity contribution in [2.45, 2.75) is 56.4 Å². The SMILES string of the molecule is CC1(c2noc([C@@H]3CC[C@H](N)C3)n2)CC1. The lowest BCUT2D eigenvalue weighted by molar-refractivity contribution is 0.347. The second-order valence-electron chi connectivity index (χ2n) is 5.29. The van der Waals surface area contributed by atoms with Gasteiger partial charge in [-0.1, -0.05) is 12.1 Å². The van der Waals surface area contributed by atoms with Crippen LogP contribution < -0.4 is 5.73 Å². The zero-order chi connectivity index (χ0) is 10.5. The highest BCUT2D eigenvalue weighted by Crippen LogP contribution is 2.46. The zero-order valence-electron chi connectivity index (χ0n) is 9.07. The Morgan fingerprint density at radius 2 is 2.20 bits per heavy atom. The molecule has 0 unspecified atom stereocenters. The number of hydrogen-bond donors (Lipinski definition) is 1. The van der Waals surface area contributed by atoms with Crippen molar-refractivity contribution in [3.8, 4) is 0 Å². The topological polar surface area (TPSA) is 64.9 Å². The molecule has 2 N–H and O–H groups in total. The molecule has 2 saturated carbocycles. The molecule has 15 heavy (non-hydrogen) atoms. The molecule has 0 amide bonds. The van der Waals surface area contributed by atoms with E-state index in [0.29, 0.717) is 12.0 Å². The van der Waals surface area contributed by atoms with Crippen molar-refractivity contribution < 1.29 is 4.52 Å². The summed E-state index contributed by atoms with van der Waals surface area (Å²) in [5, 5.41) is 4.09. The first kappa shape index (κ1) is 9.33. The van der Waals surface area contributed by atoms with Gasteiger partial charge in [0.1, 0.15) is 0 Å². The highest BCUT2D eigenvalue weighted by molar-refractivity contribution is 5.15. The highest BCUT2D eigenvalue weighted by atomic mass is 16.5. The molecule has 1 heterocycles. The van der Waals surface area contributed by atoms with Gasteiger partial charge in [-0.2, -0.15) is 4.98 Å². The molecule has 2 atom stereocenters. The third-order valence-electron chi connectivity index (χ3n) is 3.80. The zero-order valence-corrected chi connectivity index (χ0v) is 9.07. The summed E-state index contributed by atoms with van der Waals surface area (Å²) >= 11 is 0. The van der Waals surface area contributed by atoms with E-state index in [9.17, 15) is 0 Å². The van der Waals surface area contributed by atoms with E-state index in [1.165, 1.54) is 12.8 Å². The van der Waals surface area contributed by atoms with Gasteiger partial charge in [-0.25, -0.2) is 0 Å². The Bertz CT molecular complexity index is 370. The summed E-state index contributed by atoms with van der Waals surface area (Å²) in [6.07, 6.45) is 5.56. The van der Waals surface area contributed by atoms with Gasteiger partial charge in [-0.15, -0.1) is 0 Å². The average molecular weight is 207 g/mol. The van der Waals surface area contributed by atoms with Gasteiger partial charge in [0.2, 0.25) is 5.89 Å². The first-order valence-electron chi connectivity index (χ1n) is 5.77. The molecule has 0 aliphatic heterocycles. The molecule has 2 aliphatic carbocycles. The average Bonchev–Trinajstić information content (AvgIpc) is 2.72. The Kier molecular flexibility index (Phi) is 1.89. The van der Waals surface area contributed by atoms with Crippen LogP contribution in [0, 0.1) is 0 Å². The van der Waals surface area contributed by atoms with Crippen LogP contribution in [0.5, 0.6) is 0 Å². The van der Waals surface area contributed by atoms with E-state index in [2.05, 4.69) is 17.1 Å². The van der Waals surface area contributed by atoms with Crippen LogP contribution in [-0.2, 0) is 5.41 Å². The van der Waals surface area contributed by atoms with Gasteiger partial charge >= 0.3 is 0 Å². The van der Waals surface area contributed by atoms with Gasteiger partial charge in [-0.3, -0.25) is 0 Å². The Morgan fingerprint density at radius 3 is 2.80 bits per heavy atom. The molecule has 2 fully saturated rings. The third kappa shape index (κ3) is 1.57. The normalized spacial score (nSPS) is 33.2. The Labute approximate surface area is 89.2 Å². The van der Waals surface area contributed by atoms with Crippen molar-refractivity contribution in [1.82, 2.24) is 10.1 Å². The lowest BCUT2D eigenvalue weighted by atomic mass is 10.1. The molecule has 3 rings (SSSR count). The molecule has 0 spiro atoms. The fraction of sp³-hybridized carbons (Fsp3) is 0.818. The van der Waals surface area contributed by atoms with Gasteiger partial charge in [0.25, 0.3) is 0 Å². The predicted molar refractivity (Wildman–Crippen MR) is 55.5 cm³/mol. The van der Waals surface area contributed by atoms with Crippen molar-refractivity contribution >= 4 is 0 Å². The molecular weight excluding hydrogens is 190 g/mol. The maximum absolute atomic E-state index is 5.88. The summed E-state index contributed by atoms with van der Waals surface area (Å²) in [7, 11) is 0. The maximum atomic E-state index is 5.88. The standard InChI is InChI=1S/C11H17N3O/c1-11(4-5-11)10-13-9(15-14-10)7-2-3-8(12)6-7/h7-8H,2-6,12H2,1H3/t7-,8+/m1/s1. The summed E-state index contributed by atoms with van der Waals surface area (Å²) in [6.45, 7) is 2.20. The molecule has 2 aliphatic rings. The quantitative estimate of drug-likeness (QED) is 0.801. The summed E-state index contributed by atoms with van der Waals surface area (Å²) in [5.74, 6) is 2.12. The smallest absolute Gasteiger partial charge is 0.229 e. The number of aromatic nitrogens is 2. The van der Waals surface area contributed by atoms with Crippen LogP contribution in [0.4, 0.5) is 0 Å². The van der Waals surface area contributed by atoms with Crippen LogP contribution in [-0.4, -0.2) is 16.2 Å². The van der Waals surface area contributed by atoms with Crippen LogP contribution in [0.3, 0.4) is 0 Å². The van der Waals surface area contributed by atoms with Gasteiger partial charge in [0.05, 0.1) is 0 Å². The fourth-order valence-corrected chi connectivity index (χ4v) is 2.30. The number of nitrogens with two attached hydrogens (primary N) is 1. The molecule has 4 nitrogen and oxygen atoms in total. The Morgan fingerprint density at radius 1 is 1.40 bits per heavy atom. The van der Waals surface area contributed by atoms with E-state index in [1.807, 2.05) is 0 Å². The van der Waals surface area contributed by atoms with E-state index in [-0.39, 0.29) is 5.41 Å². The highest BCUT2D eigenvalue weighted by Gasteiger charge is 2.44. The van der Waals surface area contributed by atoms with Crippen molar-refractivity contribution in [2.24, 2.45) is 5.73 Å². The van der Waals surface area contributed by atoms with Gasteiger partial charge in [-0.05, 0) is 32.1 Å². The second kappa shape index (κ2) is 3.04. The van der Waals surface area contributed by atoms with Crippen LogP contribution in [0.15, 0.2) is 4.52 Å². The lowest BCUT2D eigenvalue weighted by Crippen LogP contribution is -2.14. The van der Waals surface area contributed by atoms with E-state index in [0.717, 1.165) is 31.0 Å². The second-order valence-corrected chi connectivity index (χ2v) is 5.29. The van der Waals surface area contributed by atoms with Crippen LogP contribution in [0.25, 0.3) is 0 Å². The number of nitrogens with zero attached hydrogens (tertiary/aromatic N) is 2. The largest absolute Gasteiger partial charge is 0.339 e. The minimum atomic E-state index is 0.211. The first-order chi connectivity index (χ1) is 7.17. The minimum Gasteiger partial charge on any atom is -0.339 e. The van der Waals surface area contributed by atoms with Crippen LogP contribution in [0.1, 0.15) is 56.7 Å². The molecular formula is C11H17N3O. The van der Waals surface area contributed by atoms with Crippen molar-refractivity contribution in [2.75, 3.05) is 0 Å². The molecule has 0 saturated heterocycles. The maximum Gasteiger partial charge on any atom is 0.229 e. The summed E-state index contributed by atoms with van der Waals surface area (Å²) < 4.78 is 5.35. The third-order valence-corrected chi connectivity index (χ3v) is 3.80. The molecule has 0 aromatic carbocycles. The molecule has 4 heteroatoms. The molecule has 1 aromatic heterocycles. The van der Waals surface area contributed by atoms with E-state index < -0.39 is 0 Å². The number of rotatable bonds is 2. The number of hydrogen-bond acceptors (Lipinski definition) is 4. The molecule has 1 aromatic rings. The van der Waals surface area contributed by atoms with Gasteiger partial charge < -0.3 is 10.3 Å². The first-order valence-corrected chi connectivity index (χ1v) is 5.77. The van der Waals surface area contributed by atoms with Crippen LogP contribution in [0.2, 0.25) is 0 Å². The summed E-state index contributed by atoms with van der Waals surface area (Å²) in [6, 6.07) is 0.321. The Hall–Kier alpha value is -0.900. The molecule has 0 bridgehead atoms. The Balaban J connectivity index is 1.79. The minimum absolute atomic E-state index is 0.211. The fourth-order valence-electron chi connectivity index (χ4n) is 2.30. The van der Waals surface area contributed by atoms with Gasteiger partial charge in [0.15, 0.2) is 5.82 Å². The van der Waals surface area contributed by atoms with Crippen molar-refractivity contribution in [3.05, 3.63) is 11.7 Å². The predicted octanol–water partition coefficient (Wildman–Crippen LogP) is 1.72. The summed E-state index contributed by atoms with van der Waals surface area (Å²) in [4.78, 5) is 4.53. The van der Waals surface area contributed by atoms with Crippen LogP contribution >= 0.6 is 0 Å². The molecule has 0 radical (unpaired) electrons. The lowest BCUT2D eigenvalue weighted by Gasteiger charge is -2.02.